The number of halogens is 1. The summed E-state index contributed by atoms with van der Waals surface area (Å²) in [6.07, 6.45) is 0. The number of hydrogen-bond acceptors (Lipinski definition) is 3. The highest BCUT2D eigenvalue weighted by Crippen LogP contribution is 2.23. The van der Waals surface area contributed by atoms with E-state index in [1.807, 2.05) is 30.3 Å². The van der Waals surface area contributed by atoms with Crippen molar-refractivity contribution in [3.8, 4) is 11.5 Å². The van der Waals surface area contributed by atoms with E-state index < -0.39 is 21.2 Å². The number of phenolic OH excluding ortho intramolecular Hbond substituents is 2. The first kappa shape index (κ1) is 12.9. The Morgan fingerprint density at radius 2 is 1.72 bits per heavy atom. The molecule has 0 bridgehead atoms. The number of phenols is 2. The topological polar surface area (TPSA) is 57.5 Å². The summed E-state index contributed by atoms with van der Waals surface area (Å²) < 4.78 is 1.57. The molecule has 0 heterocycles. The number of aromatic hydroxyl groups is 2. The maximum atomic E-state index is 11.4. The van der Waals surface area contributed by atoms with Crippen LogP contribution in [-0.2, 0) is 0 Å². The van der Waals surface area contributed by atoms with E-state index in [4.69, 9.17) is 0 Å². The van der Waals surface area contributed by atoms with E-state index >= 15 is 0 Å². The molecule has 2 N–H and O–H groups in total. The zero-order chi connectivity index (χ0) is 13.1. The second-order valence-electron chi connectivity index (χ2n) is 3.74. The Morgan fingerprint density at radius 3 is 2.33 bits per heavy atom. The molecule has 0 aliphatic carbocycles. The van der Waals surface area contributed by atoms with E-state index in [9.17, 15) is 15.0 Å². The van der Waals surface area contributed by atoms with Gasteiger partial charge in [0.1, 0.15) is 0 Å². The molecule has 3 nitrogen and oxygen atoms in total. The van der Waals surface area contributed by atoms with Crippen LogP contribution in [0.2, 0.25) is 0 Å². The molecule has 0 aromatic heterocycles. The van der Waals surface area contributed by atoms with Crippen molar-refractivity contribution in [1.82, 2.24) is 0 Å². The highest BCUT2D eigenvalue weighted by Gasteiger charge is 2.27. The second kappa shape index (κ2) is 5.39. The molecule has 0 unspecified atom stereocenters. The molecule has 0 fully saturated rings. The smallest absolute Gasteiger partial charge is 0.366 e. The van der Waals surface area contributed by atoms with Crippen molar-refractivity contribution in [2.45, 2.75) is 6.92 Å². The van der Waals surface area contributed by atoms with Crippen molar-refractivity contribution >= 4 is 5.78 Å². The molecular formula is C14H12IO3+. The van der Waals surface area contributed by atoms with E-state index in [1.54, 1.807) is 0 Å². The molecule has 0 spiro atoms. The average Bonchev–Trinajstić information content (AvgIpc) is 2.35. The third-order valence-corrected chi connectivity index (χ3v) is 5.36. The Balaban J connectivity index is 2.44. The van der Waals surface area contributed by atoms with Crippen LogP contribution in [0.5, 0.6) is 11.5 Å². The van der Waals surface area contributed by atoms with Crippen molar-refractivity contribution in [1.29, 1.82) is 0 Å². The number of rotatable bonds is 3. The van der Waals surface area contributed by atoms with Gasteiger partial charge in [-0.05, 0) is 31.2 Å². The van der Waals surface area contributed by atoms with E-state index in [-0.39, 0.29) is 22.8 Å². The van der Waals surface area contributed by atoms with Crippen LogP contribution in [-0.4, -0.2) is 16.0 Å². The van der Waals surface area contributed by atoms with Crippen LogP contribution in [0, 0.1) is 7.14 Å². The summed E-state index contributed by atoms with van der Waals surface area (Å²) in [5.74, 6) is -0.237. The average molecular weight is 355 g/mol. The van der Waals surface area contributed by atoms with Gasteiger partial charge in [-0.25, -0.2) is 0 Å². The summed E-state index contributed by atoms with van der Waals surface area (Å²) in [4.78, 5) is 11.4. The zero-order valence-corrected chi connectivity index (χ0v) is 11.9. The van der Waals surface area contributed by atoms with Crippen molar-refractivity contribution in [3.63, 3.8) is 0 Å². The minimum Gasteiger partial charge on any atom is -0.504 e. The van der Waals surface area contributed by atoms with Crippen LogP contribution in [0.25, 0.3) is 0 Å². The number of hydrogen-bond donors (Lipinski definition) is 2. The monoisotopic (exact) mass is 355 g/mol. The molecule has 0 atom stereocenters. The Bertz CT molecular complexity index is 579. The van der Waals surface area contributed by atoms with Crippen molar-refractivity contribution < 1.29 is 36.2 Å². The quantitative estimate of drug-likeness (QED) is 0.573. The maximum Gasteiger partial charge on any atom is 0.366 e. The van der Waals surface area contributed by atoms with Gasteiger partial charge in [-0.15, -0.1) is 0 Å². The van der Waals surface area contributed by atoms with Crippen LogP contribution in [0.3, 0.4) is 0 Å². The third-order valence-electron chi connectivity index (χ3n) is 2.41. The van der Waals surface area contributed by atoms with Crippen LogP contribution in [0.4, 0.5) is 0 Å². The fourth-order valence-corrected chi connectivity index (χ4v) is 3.92. The lowest BCUT2D eigenvalue weighted by atomic mass is 10.1. The molecule has 18 heavy (non-hydrogen) atoms. The van der Waals surface area contributed by atoms with Gasteiger partial charge in [-0.3, -0.25) is 4.79 Å². The second-order valence-corrected chi connectivity index (χ2v) is 6.60. The maximum absolute atomic E-state index is 11.4. The normalized spacial score (nSPS) is 10.3. The third kappa shape index (κ3) is 2.64. The van der Waals surface area contributed by atoms with Gasteiger partial charge in [-0.2, -0.15) is 0 Å². The van der Waals surface area contributed by atoms with Gasteiger partial charge in [-0.1, -0.05) is 18.2 Å². The Kier molecular flexibility index (Phi) is 3.86. The predicted molar refractivity (Wildman–Crippen MR) is 63.6 cm³/mol. The molecule has 0 amide bonds. The van der Waals surface area contributed by atoms with Gasteiger partial charge < -0.3 is 10.2 Å². The van der Waals surface area contributed by atoms with Crippen LogP contribution >= 0.6 is 0 Å². The van der Waals surface area contributed by atoms with Crippen LogP contribution < -0.4 is 21.2 Å². The molecule has 0 aliphatic heterocycles. The van der Waals surface area contributed by atoms with Gasteiger partial charge in [0, 0.05) is 0 Å². The highest BCUT2D eigenvalue weighted by atomic mass is 127. The molecule has 2 rings (SSSR count). The summed E-state index contributed by atoms with van der Waals surface area (Å²) in [6.45, 7) is 1.40. The molecule has 4 heteroatoms. The fraction of sp³-hybridized carbons (Fsp3) is 0.0714. The van der Waals surface area contributed by atoms with Crippen molar-refractivity contribution in [2.75, 3.05) is 0 Å². The summed E-state index contributed by atoms with van der Waals surface area (Å²) in [7, 11) is 0. The minimum atomic E-state index is -0.709. The van der Waals surface area contributed by atoms with E-state index in [0.29, 0.717) is 3.57 Å². The summed E-state index contributed by atoms with van der Waals surface area (Å²) in [6, 6.07) is 12.6. The number of benzene rings is 2. The van der Waals surface area contributed by atoms with E-state index in [0.717, 1.165) is 3.57 Å². The fourth-order valence-electron chi connectivity index (χ4n) is 1.52. The summed E-state index contributed by atoms with van der Waals surface area (Å²) in [5.41, 5.74) is 0.262. The Hall–Kier alpha value is -1.56. The molecule has 0 radical (unpaired) electrons. The van der Waals surface area contributed by atoms with Crippen molar-refractivity contribution in [2.24, 2.45) is 0 Å². The van der Waals surface area contributed by atoms with Gasteiger partial charge >= 0.3 is 21.2 Å². The van der Waals surface area contributed by atoms with Gasteiger partial charge in [0.2, 0.25) is 0 Å². The molecule has 2 aromatic carbocycles. The lowest BCUT2D eigenvalue weighted by molar-refractivity contribution is -0.599. The Morgan fingerprint density at radius 1 is 1.06 bits per heavy atom. The minimum absolute atomic E-state index is 0.0501. The first-order chi connectivity index (χ1) is 8.59. The number of carbonyl (C=O) groups excluding carboxylic acids is 1. The summed E-state index contributed by atoms with van der Waals surface area (Å²) in [5, 5.41) is 19.9. The summed E-state index contributed by atoms with van der Waals surface area (Å²) >= 11 is -0.709. The van der Waals surface area contributed by atoms with Gasteiger partial charge in [0.25, 0.3) is 3.57 Å². The molecule has 0 saturated carbocycles. The predicted octanol–water partition coefficient (Wildman–Crippen LogP) is -0.571. The Labute approximate surface area is 115 Å². The molecule has 0 aliphatic rings. The first-order valence-corrected chi connectivity index (χ1v) is 7.51. The standard InChI is InChI=1S/C14H11IO3/c1-9(16)11-7-8-12(17)13(14(11)18)15-10-5-3-2-4-6-10/h2-8H,1H3,(H-,16,17,18)/p+1. The largest absolute Gasteiger partial charge is 0.504 e. The zero-order valence-electron chi connectivity index (χ0n) is 9.72. The molecular weight excluding hydrogens is 343 g/mol. The van der Waals surface area contributed by atoms with E-state index in [1.165, 1.54) is 19.1 Å². The number of ketones is 1. The number of carbonyl (C=O) groups is 1. The highest BCUT2D eigenvalue weighted by molar-refractivity contribution is 5.96. The molecule has 2 aromatic rings. The van der Waals surface area contributed by atoms with Crippen molar-refractivity contribution in [3.05, 3.63) is 55.2 Å². The van der Waals surface area contributed by atoms with Crippen LogP contribution in [0.15, 0.2) is 42.5 Å². The van der Waals surface area contributed by atoms with Gasteiger partial charge in [0.05, 0.1) is 5.56 Å². The van der Waals surface area contributed by atoms with Crippen LogP contribution in [0.1, 0.15) is 17.3 Å². The lowest BCUT2D eigenvalue weighted by Gasteiger charge is -2.01. The lowest BCUT2D eigenvalue weighted by Crippen LogP contribution is -3.61. The number of Topliss-reactive ketones (excluding diaryl/α,β-unsaturated/α-hetero) is 1. The SMILES string of the molecule is CC(=O)c1ccc(O)c([I+]c2ccccc2)c1O. The first-order valence-electron chi connectivity index (χ1n) is 5.35. The van der Waals surface area contributed by atoms with Gasteiger partial charge in [0.15, 0.2) is 20.9 Å². The molecule has 0 saturated heterocycles. The molecule has 92 valence electrons. The van der Waals surface area contributed by atoms with E-state index in [2.05, 4.69) is 0 Å².